The first-order valence-corrected chi connectivity index (χ1v) is 9.30. The number of hydrazine groups is 1. The van der Waals surface area contributed by atoms with Gasteiger partial charge in [0.2, 0.25) is 0 Å². The molecule has 0 saturated carbocycles. The lowest BCUT2D eigenvalue weighted by atomic mass is 10.3. The van der Waals surface area contributed by atoms with Crippen molar-refractivity contribution in [3.8, 4) is 5.69 Å². The van der Waals surface area contributed by atoms with Gasteiger partial charge in [0.1, 0.15) is 9.90 Å². The second-order valence-electron chi connectivity index (χ2n) is 4.60. The summed E-state index contributed by atoms with van der Waals surface area (Å²) in [6.45, 7) is 0. The number of halogens is 1. The maximum absolute atomic E-state index is 12.3. The van der Waals surface area contributed by atoms with Crippen LogP contribution < -0.4 is 10.3 Å². The third-order valence-electron chi connectivity index (χ3n) is 3.02. The largest absolute Gasteiger partial charge is 0.295 e. The lowest BCUT2D eigenvalue weighted by Gasteiger charge is -2.09. The molecule has 24 heavy (non-hydrogen) atoms. The first kappa shape index (κ1) is 16.7. The van der Waals surface area contributed by atoms with Crippen molar-refractivity contribution in [2.75, 3.05) is 0 Å². The number of sulfonamides is 1. The zero-order valence-electron chi connectivity index (χ0n) is 12.0. The Labute approximate surface area is 146 Å². The monoisotopic (exact) mass is 382 g/mol. The van der Waals surface area contributed by atoms with Gasteiger partial charge in [-0.1, -0.05) is 29.8 Å². The molecule has 0 fully saturated rings. The van der Waals surface area contributed by atoms with Crippen molar-refractivity contribution < 1.29 is 13.2 Å². The Morgan fingerprint density at radius 1 is 1.17 bits per heavy atom. The van der Waals surface area contributed by atoms with Gasteiger partial charge in [-0.15, -0.1) is 16.2 Å². The molecule has 0 atom stereocenters. The van der Waals surface area contributed by atoms with E-state index in [0.717, 1.165) is 17.0 Å². The Kier molecular flexibility index (Phi) is 4.67. The minimum atomic E-state index is -3.88. The Balaban J connectivity index is 1.76. The average Bonchev–Trinajstić information content (AvgIpc) is 3.23. The Hall–Kier alpha value is -2.20. The molecule has 3 aromatic rings. The highest BCUT2D eigenvalue weighted by atomic mass is 35.5. The first-order chi connectivity index (χ1) is 11.5. The fourth-order valence-electron chi connectivity index (χ4n) is 1.93. The van der Waals surface area contributed by atoms with Crippen LogP contribution in [0.4, 0.5) is 0 Å². The van der Waals surface area contributed by atoms with Gasteiger partial charge in [-0.3, -0.25) is 14.8 Å². The highest BCUT2D eigenvalue weighted by Gasteiger charge is 2.19. The molecule has 1 aromatic carbocycles. The van der Waals surface area contributed by atoms with Crippen LogP contribution in [0.5, 0.6) is 0 Å². The maximum Gasteiger partial charge on any atom is 0.284 e. The summed E-state index contributed by atoms with van der Waals surface area (Å²) in [7, 11) is -3.88. The third-order valence-corrected chi connectivity index (χ3v) is 5.99. The molecule has 3 rings (SSSR count). The number of hydrogen-bond donors (Lipinski definition) is 2. The van der Waals surface area contributed by atoms with E-state index in [0.29, 0.717) is 4.34 Å². The summed E-state index contributed by atoms with van der Waals surface area (Å²) in [5, 5.41) is 0. The van der Waals surface area contributed by atoms with Gasteiger partial charge >= 0.3 is 0 Å². The van der Waals surface area contributed by atoms with Gasteiger partial charge in [-0.25, -0.2) is 13.4 Å². The molecule has 2 aromatic heterocycles. The third kappa shape index (κ3) is 3.49. The predicted octanol–water partition coefficient (Wildman–Crippen LogP) is 2.21. The van der Waals surface area contributed by atoms with E-state index in [4.69, 9.17) is 11.6 Å². The molecule has 10 heteroatoms. The number of nitrogens with zero attached hydrogens (tertiary/aromatic N) is 2. The molecule has 1 amide bonds. The number of hydrogen-bond acceptors (Lipinski definition) is 5. The number of aromatic nitrogens is 2. The lowest BCUT2D eigenvalue weighted by Crippen LogP contribution is -2.41. The molecule has 0 radical (unpaired) electrons. The number of rotatable bonds is 5. The van der Waals surface area contributed by atoms with E-state index in [1.165, 1.54) is 24.7 Å². The van der Waals surface area contributed by atoms with Crippen molar-refractivity contribution in [2.24, 2.45) is 0 Å². The van der Waals surface area contributed by atoms with Crippen molar-refractivity contribution in [3.63, 3.8) is 0 Å². The second-order valence-corrected chi connectivity index (χ2v) is 8.23. The SMILES string of the molecule is O=C(NNS(=O)(=O)c1ccc(Cl)s1)c1cncn1-c1ccccc1. The maximum atomic E-state index is 12.3. The van der Waals surface area contributed by atoms with Gasteiger partial charge in [0.25, 0.3) is 15.9 Å². The summed E-state index contributed by atoms with van der Waals surface area (Å²) >= 11 is 6.62. The lowest BCUT2D eigenvalue weighted by molar-refractivity contribution is 0.0938. The van der Waals surface area contributed by atoms with Gasteiger partial charge in [-0.05, 0) is 24.3 Å². The van der Waals surface area contributed by atoms with Gasteiger partial charge in [0, 0.05) is 5.69 Å². The minimum Gasteiger partial charge on any atom is -0.295 e. The quantitative estimate of drug-likeness (QED) is 0.661. The van der Waals surface area contributed by atoms with Gasteiger partial charge in [0.15, 0.2) is 0 Å². The molecular weight excluding hydrogens is 372 g/mol. The summed E-state index contributed by atoms with van der Waals surface area (Å²) in [5.41, 5.74) is 3.09. The highest BCUT2D eigenvalue weighted by Crippen LogP contribution is 2.25. The number of para-hydroxylation sites is 1. The van der Waals surface area contributed by atoms with E-state index in [2.05, 4.69) is 10.4 Å². The van der Waals surface area contributed by atoms with E-state index >= 15 is 0 Å². The van der Waals surface area contributed by atoms with Crippen LogP contribution in [-0.4, -0.2) is 23.9 Å². The summed E-state index contributed by atoms with van der Waals surface area (Å²) in [6, 6.07) is 11.9. The minimum absolute atomic E-state index is 0.00404. The van der Waals surface area contributed by atoms with Crippen molar-refractivity contribution >= 4 is 38.9 Å². The number of thiophene rings is 1. The van der Waals surface area contributed by atoms with Crippen LogP contribution in [0.3, 0.4) is 0 Å². The summed E-state index contributed by atoms with van der Waals surface area (Å²) < 4.78 is 26.0. The van der Waals surface area contributed by atoms with Crippen LogP contribution in [0, 0.1) is 0 Å². The summed E-state index contributed by atoms with van der Waals surface area (Å²) in [6.07, 6.45) is 2.82. The van der Waals surface area contributed by atoms with E-state index in [9.17, 15) is 13.2 Å². The zero-order chi connectivity index (χ0) is 17.2. The van der Waals surface area contributed by atoms with Crippen LogP contribution in [0.25, 0.3) is 5.69 Å². The van der Waals surface area contributed by atoms with Gasteiger partial charge in [0.05, 0.1) is 16.9 Å². The number of imidazole rings is 1. The van der Waals surface area contributed by atoms with Crippen molar-refractivity contribution in [1.82, 2.24) is 19.8 Å². The Bertz CT molecular complexity index is 967. The number of amides is 1. The molecule has 0 saturated heterocycles. The molecule has 0 spiro atoms. The van der Waals surface area contributed by atoms with Crippen molar-refractivity contribution in [3.05, 3.63) is 65.0 Å². The molecule has 2 N–H and O–H groups in total. The number of benzene rings is 1. The standard InChI is InChI=1S/C14H11ClN4O3S2/c15-12-6-7-13(23-12)24(21,22)18-17-14(20)11-8-16-9-19(11)10-4-2-1-3-5-10/h1-9,18H,(H,17,20). The topological polar surface area (TPSA) is 93.1 Å². The van der Waals surface area contributed by atoms with Gasteiger partial charge in [-0.2, -0.15) is 0 Å². The van der Waals surface area contributed by atoms with Gasteiger partial charge < -0.3 is 0 Å². The Morgan fingerprint density at radius 3 is 2.58 bits per heavy atom. The molecule has 124 valence electrons. The average molecular weight is 383 g/mol. The van der Waals surface area contributed by atoms with E-state index in [1.807, 2.05) is 23.0 Å². The molecule has 2 heterocycles. The fourth-order valence-corrected chi connectivity index (χ4v) is 4.25. The first-order valence-electron chi connectivity index (χ1n) is 6.62. The number of carbonyl (C=O) groups is 1. The van der Waals surface area contributed by atoms with Crippen LogP contribution in [0.2, 0.25) is 4.34 Å². The van der Waals surface area contributed by atoms with Crippen LogP contribution in [0.15, 0.2) is 59.2 Å². The molecule has 7 nitrogen and oxygen atoms in total. The second kappa shape index (κ2) is 6.73. The molecule has 0 aliphatic carbocycles. The predicted molar refractivity (Wildman–Crippen MR) is 90.7 cm³/mol. The molecule has 0 bridgehead atoms. The zero-order valence-corrected chi connectivity index (χ0v) is 14.4. The Morgan fingerprint density at radius 2 is 1.92 bits per heavy atom. The molecule has 0 aliphatic heterocycles. The highest BCUT2D eigenvalue weighted by molar-refractivity contribution is 7.91. The molecule has 0 unspecified atom stereocenters. The summed E-state index contributed by atoms with van der Waals surface area (Å²) in [5.74, 6) is -0.636. The summed E-state index contributed by atoms with van der Waals surface area (Å²) in [4.78, 5) is 18.2. The van der Waals surface area contributed by atoms with E-state index < -0.39 is 15.9 Å². The van der Waals surface area contributed by atoms with Crippen LogP contribution in [-0.2, 0) is 10.0 Å². The molecular formula is C14H11ClN4O3S2. The van der Waals surface area contributed by atoms with E-state index in [1.54, 1.807) is 16.7 Å². The van der Waals surface area contributed by atoms with Crippen molar-refractivity contribution in [1.29, 1.82) is 0 Å². The number of carbonyl (C=O) groups excluding carboxylic acids is 1. The normalized spacial score (nSPS) is 11.4. The fraction of sp³-hybridized carbons (Fsp3) is 0. The van der Waals surface area contributed by atoms with E-state index in [-0.39, 0.29) is 9.90 Å². The van der Waals surface area contributed by atoms with Crippen molar-refractivity contribution in [2.45, 2.75) is 4.21 Å². The van der Waals surface area contributed by atoms with Crippen LogP contribution in [0.1, 0.15) is 10.5 Å². The van der Waals surface area contributed by atoms with Crippen LogP contribution >= 0.6 is 22.9 Å². The molecule has 0 aliphatic rings. The number of nitrogens with one attached hydrogen (secondary N) is 2. The smallest absolute Gasteiger partial charge is 0.284 e.